The molecule has 2 heterocycles. The molecule has 3 nitrogen and oxygen atoms in total. The summed E-state index contributed by atoms with van der Waals surface area (Å²) in [6.07, 6.45) is 10.2. The van der Waals surface area contributed by atoms with E-state index >= 15 is 0 Å². The van der Waals surface area contributed by atoms with Gasteiger partial charge in [-0.25, -0.2) is 0 Å². The summed E-state index contributed by atoms with van der Waals surface area (Å²) in [4.78, 5) is 18.4. The van der Waals surface area contributed by atoms with Crippen LogP contribution in [0.1, 0.15) is 44.1 Å². The third-order valence-electron chi connectivity index (χ3n) is 5.58. The fraction of sp³-hybridized carbons (Fsp3) is 0.526. The molecular formula is C19H24N2O. The summed E-state index contributed by atoms with van der Waals surface area (Å²) < 4.78 is 0. The molecule has 1 aliphatic heterocycles. The van der Waals surface area contributed by atoms with Crippen molar-refractivity contribution in [3.63, 3.8) is 0 Å². The van der Waals surface area contributed by atoms with Crippen LogP contribution in [0.5, 0.6) is 0 Å². The molecule has 0 unspecified atom stereocenters. The third kappa shape index (κ3) is 2.43. The first-order valence-electron chi connectivity index (χ1n) is 8.67. The van der Waals surface area contributed by atoms with Crippen molar-refractivity contribution < 1.29 is 4.79 Å². The number of fused-ring (bicyclic) bond motifs is 2. The Labute approximate surface area is 131 Å². The fourth-order valence-electron chi connectivity index (χ4n) is 4.48. The minimum absolute atomic E-state index is 0.321. The van der Waals surface area contributed by atoms with Crippen LogP contribution < -0.4 is 0 Å². The number of likely N-dealkylation sites (tertiary alicyclic amines) is 1. The van der Waals surface area contributed by atoms with Gasteiger partial charge in [0.1, 0.15) is 0 Å². The topological polar surface area (TPSA) is 36.1 Å². The molecule has 1 saturated carbocycles. The van der Waals surface area contributed by atoms with E-state index in [0.717, 1.165) is 23.5 Å². The standard InChI is InChI=1S/C19H24N2O/c22-19(12-15-13-20-17-9-3-2-8-16(15)17)21-11-5-7-14-6-1-4-10-18(14)21/h2-3,8-9,13-14,18,20H,1,4-7,10-12H2/t14-,18+/m1/s1. The second kappa shape index (κ2) is 5.79. The molecule has 1 amide bonds. The number of hydrogen-bond donors (Lipinski definition) is 1. The maximum absolute atomic E-state index is 12.9. The van der Waals surface area contributed by atoms with E-state index in [-0.39, 0.29) is 0 Å². The summed E-state index contributed by atoms with van der Waals surface area (Å²) in [5, 5.41) is 1.19. The van der Waals surface area contributed by atoms with Crippen LogP contribution in [0.2, 0.25) is 0 Å². The Morgan fingerprint density at radius 2 is 1.95 bits per heavy atom. The minimum atomic E-state index is 0.321. The van der Waals surface area contributed by atoms with Crippen molar-refractivity contribution >= 4 is 16.8 Å². The van der Waals surface area contributed by atoms with Crippen molar-refractivity contribution in [1.29, 1.82) is 0 Å². The first kappa shape index (κ1) is 13.9. The molecule has 2 atom stereocenters. The maximum atomic E-state index is 12.9. The Hall–Kier alpha value is -1.77. The molecule has 2 aromatic rings. The summed E-state index contributed by atoms with van der Waals surface area (Å²) in [7, 11) is 0. The summed E-state index contributed by atoms with van der Waals surface area (Å²) in [5.74, 6) is 1.08. The zero-order chi connectivity index (χ0) is 14.9. The van der Waals surface area contributed by atoms with Gasteiger partial charge in [0.2, 0.25) is 5.91 Å². The maximum Gasteiger partial charge on any atom is 0.227 e. The van der Waals surface area contributed by atoms with E-state index in [4.69, 9.17) is 0 Å². The average Bonchev–Trinajstić information content (AvgIpc) is 2.97. The lowest BCUT2D eigenvalue weighted by atomic mass is 9.78. The van der Waals surface area contributed by atoms with Gasteiger partial charge in [-0.3, -0.25) is 4.79 Å². The van der Waals surface area contributed by atoms with Gasteiger partial charge >= 0.3 is 0 Å². The zero-order valence-corrected chi connectivity index (χ0v) is 13.1. The number of amides is 1. The van der Waals surface area contributed by atoms with Gasteiger partial charge in [-0.1, -0.05) is 31.0 Å². The molecule has 116 valence electrons. The van der Waals surface area contributed by atoms with E-state index in [9.17, 15) is 4.79 Å². The Kier molecular flexibility index (Phi) is 3.65. The van der Waals surface area contributed by atoms with Gasteiger partial charge in [-0.15, -0.1) is 0 Å². The van der Waals surface area contributed by atoms with Crippen LogP contribution in [0, 0.1) is 5.92 Å². The summed E-state index contributed by atoms with van der Waals surface area (Å²) in [6.45, 7) is 0.961. The highest BCUT2D eigenvalue weighted by atomic mass is 16.2. The van der Waals surface area contributed by atoms with Gasteiger partial charge in [0.15, 0.2) is 0 Å². The number of para-hydroxylation sites is 1. The first-order chi connectivity index (χ1) is 10.8. The number of aromatic amines is 1. The number of H-pyrrole nitrogens is 1. The largest absolute Gasteiger partial charge is 0.361 e. The second-order valence-electron chi connectivity index (χ2n) is 6.88. The molecule has 2 aliphatic rings. The zero-order valence-electron chi connectivity index (χ0n) is 13.1. The summed E-state index contributed by atoms with van der Waals surface area (Å²) >= 11 is 0. The molecule has 0 bridgehead atoms. The number of rotatable bonds is 2. The first-order valence-corrected chi connectivity index (χ1v) is 8.67. The minimum Gasteiger partial charge on any atom is -0.361 e. The molecule has 1 aromatic carbocycles. The number of benzene rings is 1. The highest BCUT2D eigenvalue weighted by Gasteiger charge is 2.35. The van der Waals surface area contributed by atoms with Gasteiger partial charge in [-0.05, 0) is 43.2 Å². The fourth-order valence-corrected chi connectivity index (χ4v) is 4.48. The number of aromatic nitrogens is 1. The third-order valence-corrected chi connectivity index (χ3v) is 5.58. The molecule has 1 aromatic heterocycles. The predicted molar refractivity (Wildman–Crippen MR) is 88.7 cm³/mol. The number of carbonyl (C=O) groups is 1. The summed E-state index contributed by atoms with van der Waals surface area (Å²) in [5.41, 5.74) is 2.26. The van der Waals surface area contributed by atoms with E-state index in [0.29, 0.717) is 18.4 Å². The molecule has 0 radical (unpaired) electrons. The van der Waals surface area contributed by atoms with Crippen molar-refractivity contribution in [2.24, 2.45) is 5.92 Å². The van der Waals surface area contributed by atoms with Crippen LogP contribution in [0.15, 0.2) is 30.5 Å². The number of nitrogens with zero attached hydrogens (tertiary/aromatic N) is 1. The van der Waals surface area contributed by atoms with E-state index in [1.165, 1.54) is 43.9 Å². The average molecular weight is 296 g/mol. The highest BCUT2D eigenvalue weighted by Crippen LogP contribution is 2.35. The normalized spacial score (nSPS) is 25.2. The van der Waals surface area contributed by atoms with Crippen LogP contribution in [-0.4, -0.2) is 28.4 Å². The molecule has 22 heavy (non-hydrogen) atoms. The lowest BCUT2D eigenvalue weighted by Crippen LogP contribution is -2.50. The van der Waals surface area contributed by atoms with Gasteiger partial charge in [0, 0.05) is 29.7 Å². The van der Waals surface area contributed by atoms with E-state index in [1.54, 1.807) is 0 Å². The lowest BCUT2D eigenvalue weighted by molar-refractivity contribution is -0.136. The molecule has 1 aliphatic carbocycles. The van der Waals surface area contributed by atoms with E-state index in [2.05, 4.69) is 22.0 Å². The van der Waals surface area contributed by atoms with Crippen molar-refractivity contribution in [3.05, 3.63) is 36.0 Å². The van der Waals surface area contributed by atoms with E-state index < -0.39 is 0 Å². The van der Waals surface area contributed by atoms with Crippen LogP contribution in [-0.2, 0) is 11.2 Å². The second-order valence-corrected chi connectivity index (χ2v) is 6.88. The predicted octanol–water partition coefficient (Wildman–Crippen LogP) is 3.89. The molecule has 0 spiro atoms. The molecule has 4 rings (SSSR count). The van der Waals surface area contributed by atoms with Crippen molar-refractivity contribution in [2.45, 2.75) is 51.0 Å². The number of carbonyl (C=O) groups excluding carboxylic acids is 1. The molecule has 1 N–H and O–H groups in total. The van der Waals surface area contributed by atoms with E-state index in [1.807, 2.05) is 18.3 Å². The van der Waals surface area contributed by atoms with Crippen LogP contribution in [0.3, 0.4) is 0 Å². The SMILES string of the molecule is O=C(Cc1c[nH]c2ccccc12)N1CCC[C@H]2CCCC[C@@H]21. The summed E-state index contributed by atoms with van der Waals surface area (Å²) in [6, 6.07) is 8.76. The van der Waals surface area contributed by atoms with Crippen LogP contribution in [0.4, 0.5) is 0 Å². The van der Waals surface area contributed by atoms with Crippen molar-refractivity contribution in [1.82, 2.24) is 9.88 Å². The van der Waals surface area contributed by atoms with Crippen molar-refractivity contribution in [3.8, 4) is 0 Å². The Morgan fingerprint density at radius 3 is 2.91 bits per heavy atom. The van der Waals surface area contributed by atoms with Crippen molar-refractivity contribution in [2.75, 3.05) is 6.54 Å². The monoisotopic (exact) mass is 296 g/mol. The Balaban J connectivity index is 1.53. The van der Waals surface area contributed by atoms with Gasteiger partial charge in [-0.2, -0.15) is 0 Å². The number of hydrogen-bond acceptors (Lipinski definition) is 1. The highest BCUT2D eigenvalue weighted by molar-refractivity contribution is 5.89. The van der Waals surface area contributed by atoms with Crippen LogP contribution in [0.25, 0.3) is 10.9 Å². The molecule has 1 saturated heterocycles. The molecule has 3 heteroatoms. The van der Waals surface area contributed by atoms with Crippen LogP contribution >= 0.6 is 0 Å². The Bertz CT molecular complexity index is 673. The Morgan fingerprint density at radius 1 is 1.14 bits per heavy atom. The van der Waals surface area contributed by atoms with Gasteiger partial charge in [0.05, 0.1) is 6.42 Å². The molecular weight excluding hydrogens is 272 g/mol. The quantitative estimate of drug-likeness (QED) is 0.896. The number of nitrogens with one attached hydrogen (secondary N) is 1. The molecule has 2 fully saturated rings. The van der Waals surface area contributed by atoms with Gasteiger partial charge < -0.3 is 9.88 Å². The number of piperidine rings is 1. The van der Waals surface area contributed by atoms with Gasteiger partial charge in [0.25, 0.3) is 0 Å². The lowest BCUT2D eigenvalue weighted by Gasteiger charge is -2.44. The smallest absolute Gasteiger partial charge is 0.227 e.